The first-order chi connectivity index (χ1) is 4.00. The second kappa shape index (κ2) is 11.4. The van der Waals surface area contributed by atoms with Crippen LogP contribution in [0, 0.1) is 0 Å². The zero-order valence-corrected chi connectivity index (χ0v) is 9.14. The molecule has 0 rings (SSSR count). The fraction of sp³-hybridized carbons (Fsp3) is 0. The maximum atomic E-state index is 8.55. The Morgan fingerprint density at radius 2 is 0.692 bits per heavy atom. The Morgan fingerprint density at radius 3 is 0.692 bits per heavy atom. The van der Waals surface area contributed by atoms with Crippen molar-refractivity contribution >= 4 is 41.4 Å². The minimum atomic E-state index is -5.39. The minimum Gasteiger partial charge on any atom is -0.822 e. The SMILES string of the molecule is B.O=P([O-])([O-])[O-].O=P([O-])([O-])[O-].[Al+3].[Fe+3]. The first-order valence-corrected chi connectivity index (χ1v) is 4.38. The molecule has 0 aromatic rings. The van der Waals surface area contributed by atoms with Gasteiger partial charge in [0.1, 0.15) is 0 Å². The molecule has 0 aliphatic heterocycles. The van der Waals surface area contributed by atoms with Crippen LogP contribution in [0.3, 0.4) is 0 Å². The van der Waals surface area contributed by atoms with Gasteiger partial charge in [0.25, 0.3) is 0 Å². The minimum absolute atomic E-state index is 0. The van der Waals surface area contributed by atoms with Gasteiger partial charge in [-0.25, -0.2) is 0 Å². The molecule has 0 amide bonds. The van der Waals surface area contributed by atoms with Crippen LogP contribution in [0.2, 0.25) is 0 Å². The molecule has 13 heavy (non-hydrogen) atoms. The molecule has 0 fully saturated rings. The molecule has 75 valence electrons. The number of hydrogen-bond acceptors (Lipinski definition) is 8. The maximum absolute atomic E-state index is 8.55. The second-order valence-electron chi connectivity index (χ2n) is 0.894. The van der Waals surface area contributed by atoms with Gasteiger partial charge in [0.15, 0.2) is 0 Å². The van der Waals surface area contributed by atoms with Crippen LogP contribution in [0.25, 0.3) is 0 Å². The number of hydrogen-bond donors (Lipinski definition) is 0. The third kappa shape index (κ3) is 959. The van der Waals surface area contributed by atoms with E-state index in [1.807, 2.05) is 0 Å². The summed E-state index contributed by atoms with van der Waals surface area (Å²) in [6, 6.07) is 0. The van der Waals surface area contributed by atoms with Gasteiger partial charge >= 0.3 is 34.4 Å². The van der Waals surface area contributed by atoms with E-state index >= 15 is 0 Å². The summed E-state index contributed by atoms with van der Waals surface area (Å²) >= 11 is 0. The fourth-order valence-corrected chi connectivity index (χ4v) is 0. The molecule has 0 N–H and O–H groups in total. The van der Waals surface area contributed by atoms with E-state index in [0.717, 1.165) is 0 Å². The van der Waals surface area contributed by atoms with E-state index < -0.39 is 15.6 Å². The van der Waals surface area contributed by atoms with E-state index in [1.165, 1.54) is 0 Å². The van der Waals surface area contributed by atoms with Crippen molar-refractivity contribution in [2.24, 2.45) is 0 Å². The summed E-state index contributed by atoms with van der Waals surface area (Å²) in [5.41, 5.74) is 0. The summed E-state index contributed by atoms with van der Waals surface area (Å²) < 4.78 is 17.1. The van der Waals surface area contributed by atoms with Gasteiger partial charge in [0, 0.05) is 0 Å². The zero-order valence-electron chi connectivity index (χ0n) is 5.09. The van der Waals surface area contributed by atoms with E-state index in [-0.39, 0.29) is 42.8 Å². The van der Waals surface area contributed by atoms with Gasteiger partial charge in [0.2, 0.25) is 0 Å². The molecule has 0 saturated heterocycles. The van der Waals surface area contributed by atoms with Gasteiger partial charge < -0.3 is 38.5 Å². The van der Waals surface area contributed by atoms with Gasteiger partial charge in [-0.05, 0) is 0 Å². The molecule has 0 aliphatic carbocycles. The predicted octanol–water partition coefficient (Wildman–Crippen LogP) is -7.22. The molecule has 13 heteroatoms. The van der Waals surface area contributed by atoms with Gasteiger partial charge in [-0.15, -0.1) is 0 Å². The molecule has 0 saturated carbocycles. The van der Waals surface area contributed by atoms with Crippen molar-refractivity contribution in [3.63, 3.8) is 0 Å². The molecule has 1 radical (unpaired) electrons. The molecule has 0 heterocycles. The standard InChI is InChI=1S/Al.BH3.Fe.2H3O4P/c;;;2*1-5(2,3)4/h;1H3;;2*(H3,1,2,3,4)/q+3;;+3;;/p-6. The van der Waals surface area contributed by atoms with E-state index in [9.17, 15) is 0 Å². The summed E-state index contributed by atoms with van der Waals surface area (Å²) in [5.74, 6) is 0. The van der Waals surface area contributed by atoms with Crippen LogP contribution >= 0.6 is 15.6 Å². The molecule has 0 spiro atoms. The second-order valence-corrected chi connectivity index (χ2v) is 2.68. The molecule has 0 aliphatic rings. The molecular formula is H3AlBFeO8P2. The van der Waals surface area contributed by atoms with Crippen LogP contribution in [0.1, 0.15) is 0 Å². The zero-order chi connectivity index (χ0) is 9.00. The van der Waals surface area contributed by atoms with Crippen molar-refractivity contribution < 1.29 is 55.6 Å². The quantitative estimate of drug-likeness (QED) is 0.312. The first-order valence-electron chi connectivity index (χ1n) is 1.46. The maximum Gasteiger partial charge on any atom is 3.00 e. The van der Waals surface area contributed by atoms with Crippen molar-refractivity contribution in [2.75, 3.05) is 0 Å². The fourth-order valence-electron chi connectivity index (χ4n) is 0. The Labute approximate surface area is 97.0 Å². The molecule has 0 bridgehead atoms. The Morgan fingerprint density at radius 1 is 0.692 bits per heavy atom. The smallest absolute Gasteiger partial charge is 0.822 e. The molecular weight excluding hydrogens is 284 g/mol. The largest absolute Gasteiger partial charge is 3.00 e. The summed E-state index contributed by atoms with van der Waals surface area (Å²) in [5, 5.41) is 0. The van der Waals surface area contributed by atoms with Crippen molar-refractivity contribution in [2.45, 2.75) is 0 Å². The summed E-state index contributed by atoms with van der Waals surface area (Å²) in [6.07, 6.45) is 0. The van der Waals surface area contributed by atoms with E-state index in [4.69, 9.17) is 38.5 Å². The van der Waals surface area contributed by atoms with Crippen molar-refractivity contribution in [3.8, 4) is 0 Å². The van der Waals surface area contributed by atoms with Crippen LogP contribution in [-0.4, -0.2) is 25.8 Å². The van der Waals surface area contributed by atoms with Crippen LogP contribution < -0.4 is 29.4 Å². The van der Waals surface area contributed by atoms with Gasteiger partial charge in [-0.3, -0.25) is 0 Å². The van der Waals surface area contributed by atoms with Crippen molar-refractivity contribution in [3.05, 3.63) is 0 Å². The third-order valence-electron chi connectivity index (χ3n) is 0. The normalized spacial score (nSPS) is 9.08. The molecule has 0 atom stereocenters. The molecule has 0 aromatic heterocycles. The van der Waals surface area contributed by atoms with Gasteiger partial charge in [-0.1, -0.05) is 0 Å². The van der Waals surface area contributed by atoms with Crippen molar-refractivity contribution in [1.29, 1.82) is 0 Å². The average molecular weight is 287 g/mol. The third-order valence-corrected chi connectivity index (χ3v) is 0. The summed E-state index contributed by atoms with van der Waals surface area (Å²) in [4.78, 5) is 51.3. The summed E-state index contributed by atoms with van der Waals surface area (Å²) in [6.45, 7) is 0. The molecule has 0 aromatic carbocycles. The first kappa shape index (κ1) is 29.3. The Hall–Kier alpha value is 1.34. The Balaban J connectivity index is -0.0000000267. The summed E-state index contributed by atoms with van der Waals surface area (Å²) in [7, 11) is -10.8. The predicted molar refractivity (Wildman–Crippen MR) is 30.9 cm³/mol. The van der Waals surface area contributed by atoms with E-state index in [1.54, 1.807) is 0 Å². The van der Waals surface area contributed by atoms with Crippen LogP contribution in [0.4, 0.5) is 0 Å². The van der Waals surface area contributed by atoms with E-state index in [2.05, 4.69) is 0 Å². The van der Waals surface area contributed by atoms with Crippen molar-refractivity contribution in [1.82, 2.24) is 0 Å². The Kier molecular flexibility index (Phi) is 25.7. The van der Waals surface area contributed by atoms with E-state index in [0.29, 0.717) is 0 Å². The molecule has 8 nitrogen and oxygen atoms in total. The number of rotatable bonds is 0. The van der Waals surface area contributed by atoms with Gasteiger partial charge in [-0.2, -0.15) is 15.6 Å². The van der Waals surface area contributed by atoms with Crippen LogP contribution in [0.15, 0.2) is 0 Å². The van der Waals surface area contributed by atoms with Crippen LogP contribution in [-0.2, 0) is 26.2 Å². The Bertz CT molecular complexity index is 134. The van der Waals surface area contributed by atoms with Gasteiger partial charge in [0.05, 0.1) is 8.41 Å². The van der Waals surface area contributed by atoms with Crippen LogP contribution in [0.5, 0.6) is 0 Å². The molecule has 0 unspecified atom stereocenters. The monoisotopic (exact) mass is 287 g/mol. The average Bonchev–Trinajstić information content (AvgIpc) is 1.12. The number of phosphoric acid groups is 2. The topological polar surface area (TPSA) is 172 Å².